The van der Waals surface area contributed by atoms with Gasteiger partial charge in [0.2, 0.25) is 5.76 Å². The van der Waals surface area contributed by atoms with Crippen LogP contribution in [0.1, 0.15) is 20.9 Å². The number of carbonyl (C=O) groups excluding carboxylic acids is 2. The Morgan fingerprint density at radius 2 is 1.66 bits per heavy atom. The summed E-state index contributed by atoms with van der Waals surface area (Å²) in [5.41, 5.74) is 1.24. The van der Waals surface area contributed by atoms with Crippen LogP contribution in [0, 0.1) is 0 Å². The van der Waals surface area contributed by atoms with Gasteiger partial charge in [0.25, 0.3) is 11.8 Å². The first-order chi connectivity index (χ1) is 15.5. The number of amides is 2. The van der Waals surface area contributed by atoms with Crippen molar-refractivity contribution < 1.29 is 19.2 Å². The van der Waals surface area contributed by atoms with Crippen LogP contribution in [0.25, 0.3) is 10.9 Å². The SMILES string of the molecule is O=C(c1ccc(Cl)cc1)N1CCN([C@@H]2CN(C(=O)c3onc4ccccc34)C[C@H]2O)CC1. The summed E-state index contributed by atoms with van der Waals surface area (Å²) in [6.07, 6.45) is -0.661. The maximum atomic E-state index is 13.0. The summed E-state index contributed by atoms with van der Waals surface area (Å²) in [7, 11) is 0. The molecule has 1 N–H and O–H groups in total. The van der Waals surface area contributed by atoms with Gasteiger partial charge in [0.05, 0.1) is 17.5 Å². The standard InChI is InChI=1S/C23H23ClN4O4/c24-16-7-5-15(6-8-16)22(30)27-11-9-26(10-12-27)19-13-28(14-20(19)29)23(31)21-17-3-1-2-4-18(17)25-32-21/h1-8,19-20,29H,9-14H2/t19-,20-/m1/s1. The Morgan fingerprint density at radius 3 is 2.41 bits per heavy atom. The van der Waals surface area contributed by atoms with E-state index in [4.69, 9.17) is 16.1 Å². The van der Waals surface area contributed by atoms with E-state index in [1.165, 1.54) is 0 Å². The van der Waals surface area contributed by atoms with Crippen LogP contribution in [-0.4, -0.2) is 88.2 Å². The number of hydrogen-bond acceptors (Lipinski definition) is 6. The monoisotopic (exact) mass is 454 g/mol. The second-order valence-electron chi connectivity index (χ2n) is 8.21. The van der Waals surface area contributed by atoms with Crippen LogP contribution in [0.15, 0.2) is 53.1 Å². The highest BCUT2D eigenvalue weighted by Crippen LogP contribution is 2.24. The van der Waals surface area contributed by atoms with Crippen molar-refractivity contribution in [2.75, 3.05) is 39.3 Å². The molecule has 9 heteroatoms. The molecule has 0 aliphatic carbocycles. The van der Waals surface area contributed by atoms with Crippen molar-refractivity contribution in [1.82, 2.24) is 19.9 Å². The fraction of sp³-hybridized carbons (Fsp3) is 0.348. The molecule has 0 radical (unpaired) electrons. The molecule has 0 spiro atoms. The smallest absolute Gasteiger partial charge is 0.293 e. The van der Waals surface area contributed by atoms with Gasteiger partial charge < -0.3 is 19.4 Å². The molecule has 2 aliphatic heterocycles. The molecular formula is C23H23ClN4O4. The third kappa shape index (κ3) is 3.85. The number of β-amino-alcohol motifs (C(OH)–C–C–N with tert-alkyl or cyclic N) is 1. The van der Waals surface area contributed by atoms with Gasteiger partial charge >= 0.3 is 0 Å². The van der Waals surface area contributed by atoms with Crippen LogP contribution in [0.2, 0.25) is 5.02 Å². The van der Waals surface area contributed by atoms with Gasteiger partial charge in [0.15, 0.2) is 0 Å². The summed E-state index contributed by atoms with van der Waals surface area (Å²) in [5, 5.41) is 15.9. The highest BCUT2D eigenvalue weighted by molar-refractivity contribution is 6.30. The van der Waals surface area contributed by atoms with Crippen molar-refractivity contribution in [3.05, 3.63) is 64.9 Å². The minimum absolute atomic E-state index is 0.0257. The number of aliphatic hydroxyl groups excluding tert-OH is 1. The number of piperazine rings is 1. The van der Waals surface area contributed by atoms with E-state index >= 15 is 0 Å². The maximum absolute atomic E-state index is 13.0. The first-order valence-corrected chi connectivity index (χ1v) is 11.0. The van der Waals surface area contributed by atoms with Gasteiger partial charge in [-0.1, -0.05) is 28.9 Å². The maximum Gasteiger partial charge on any atom is 0.293 e. The number of aliphatic hydroxyl groups is 1. The molecule has 0 unspecified atom stereocenters. The molecular weight excluding hydrogens is 432 g/mol. The second-order valence-corrected chi connectivity index (χ2v) is 8.65. The van der Waals surface area contributed by atoms with Crippen molar-refractivity contribution >= 4 is 34.3 Å². The number of aromatic nitrogens is 1. The van der Waals surface area contributed by atoms with Crippen molar-refractivity contribution in [3.63, 3.8) is 0 Å². The summed E-state index contributed by atoms with van der Waals surface area (Å²) in [6.45, 7) is 3.03. The number of halogens is 1. The molecule has 3 aromatic rings. The number of nitrogens with zero attached hydrogens (tertiary/aromatic N) is 4. The minimum Gasteiger partial charge on any atom is -0.390 e. The van der Waals surface area contributed by atoms with Gasteiger partial charge in [-0.15, -0.1) is 0 Å². The molecule has 0 saturated carbocycles. The predicted molar refractivity (Wildman–Crippen MR) is 119 cm³/mol. The van der Waals surface area contributed by atoms with Crippen molar-refractivity contribution in [2.45, 2.75) is 12.1 Å². The Morgan fingerprint density at radius 1 is 0.938 bits per heavy atom. The number of carbonyl (C=O) groups is 2. The summed E-state index contributed by atoms with van der Waals surface area (Å²) >= 11 is 5.91. The van der Waals surface area contributed by atoms with E-state index in [1.807, 2.05) is 17.0 Å². The lowest BCUT2D eigenvalue weighted by Gasteiger charge is -2.38. The second kappa shape index (κ2) is 8.54. The molecule has 5 rings (SSSR count). The van der Waals surface area contributed by atoms with Crippen LogP contribution in [0.5, 0.6) is 0 Å². The molecule has 2 aromatic carbocycles. The minimum atomic E-state index is -0.661. The third-order valence-electron chi connectivity index (χ3n) is 6.29. The number of benzene rings is 2. The van der Waals surface area contributed by atoms with Crippen LogP contribution in [-0.2, 0) is 0 Å². The average Bonchev–Trinajstić information content (AvgIpc) is 3.42. The van der Waals surface area contributed by atoms with Crippen molar-refractivity contribution in [1.29, 1.82) is 0 Å². The van der Waals surface area contributed by atoms with Crippen LogP contribution < -0.4 is 0 Å². The molecule has 166 valence electrons. The summed E-state index contributed by atoms with van der Waals surface area (Å²) in [5.74, 6) is -0.0917. The van der Waals surface area contributed by atoms with Gasteiger partial charge in [0.1, 0.15) is 5.52 Å². The van der Waals surface area contributed by atoms with Gasteiger partial charge in [-0.25, -0.2) is 0 Å². The van der Waals surface area contributed by atoms with Crippen LogP contribution >= 0.6 is 11.6 Å². The lowest BCUT2D eigenvalue weighted by Crippen LogP contribution is -2.54. The average molecular weight is 455 g/mol. The summed E-state index contributed by atoms with van der Waals surface area (Å²) in [4.78, 5) is 31.3. The van der Waals surface area contributed by atoms with Crippen molar-refractivity contribution in [3.8, 4) is 0 Å². The Labute approximate surface area is 189 Å². The zero-order valence-corrected chi connectivity index (χ0v) is 18.1. The van der Waals surface area contributed by atoms with Gasteiger partial charge in [-0.05, 0) is 36.4 Å². The lowest BCUT2D eigenvalue weighted by molar-refractivity contribution is 0.0376. The number of hydrogen-bond donors (Lipinski definition) is 1. The van der Waals surface area contributed by atoms with Gasteiger partial charge in [-0.3, -0.25) is 14.5 Å². The summed E-state index contributed by atoms with van der Waals surface area (Å²) in [6, 6.07) is 14.0. The Bertz CT molecular complexity index is 1140. The highest BCUT2D eigenvalue weighted by Gasteiger charge is 2.40. The molecule has 2 amide bonds. The Kier molecular flexibility index (Phi) is 5.58. The van der Waals surface area contributed by atoms with Crippen LogP contribution in [0.3, 0.4) is 0 Å². The third-order valence-corrected chi connectivity index (χ3v) is 6.54. The molecule has 1 aromatic heterocycles. The number of rotatable bonds is 3. The fourth-order valence-electron chi connectivity index (χ4n) is 4.51. The molecule has 2 fully saturated rings. The quantitative estimate of drug-likeness (QED) is 0.652. The molecule has 8 nitrogen and oxygen atoms in total. The van der Waals surface area contributed by atoms with Crippen LogP contribution in [0.4, 0.5) is 0 Å². The first kappa shape index (κ1) is 20.9. The molecule has 2 saturated heterocycles. The number of fused-ring (bicyclic) bond motifs is 1. The largest absolute Gasteiger partial charge is 0.390 e. The van der Waals surface area contributed by atoms with E-state index < -0.39 is 6.10 Å². The zero-order chi connectivity index (χ0) is 22.2. The summed E-state index contributed by atoms with van der Waals surface area (Å²) < 4.78 is 5.31. The fourth-order valence-corrected chi connectivity index (χ4v) is 4.64. The molecule has 32 heavy (non-hydrogen) atoms. The Balaban J connectivity index is 1.21. The van der Waals surface area contributed by atoms with E-state index in [2.05, 4.69) is 10.1 Å². The molecule has 3 heterocycles. The topological polar surface area (TPSA) is 90.1 Å². The van der Waals surface area contributed by atoms with E-state index in [1.54, 1.807) is 41.3 Å². The van der Waals surface area contributed by atoms with Gasteiger partial charge in [-0.2, -0.15) is 0 Å². The molecule has 0 bridgehead atoms. The zero-order valence-electron chi connectivity index (χ0n) is 17.4. The van der Waals surface area contributed by atoms with Crippen molar-refractivity contribution in [2.24, 2.45) is 0 Å². The van der Waals surface area contributed by atoms with Gasteiger partial charge in [0, 0.05) is 49.9 Å². The van der Waals surface area contributed by atoms with E-state index in [0.717, 1.165) is 0 Å². The Hall–Kier alpha value is -2.94. The highest BCUT2D eigenvalue weighted by atomic mass is 35.5. The molecule has 2 atom stereocenters. The molecule has 2 aliphatic rings. The van der Waals surface area contributed by atoms with E-state index in [0.29, 0.717) is 54.2 Å². The van der Waals surface area contributed by atoms with E-state index in [9.17, 15) is 14.7 Å². The van der Waals surface area contributed by atoms with E-state index in [-0.39, 0.29) is 30.2 Å². The lowest BCUT2D eigenvalue weighted by atomic mass is 10.1. The first-order valence-electron chi connectivity index (χ1n) is 10.6. The number of likely N-dealkylation sites (tertiary alicyclic amines) is 1. The predicted octanol–water partition coefficient (Wildman–Crippen LogP) is 2.12. The normalized spacial score (nSPS) is 21.9.